The fourth-order valence-electron chi connectivity index (χ4n) is 1.34. The van der Waals surface area contributed by atoms with Crippen molar-refractivity contribution in [1.29, 1.82) is 5.26 Å². The predicted octanol–water partition coefficient (Wildman–Crippen LogP) is 0.260. The van der Waals surface area contributed by atoms with E-state index in [-0.39, 0.29) is 11.8 Å². The Bertz CT molecular complexity index is 290. The second-order valence-corrected chi connectivity index (χ2v) is 3.76. The Balaban J connectivity index is 2.67. The van der Waals surface area contributed by atoms with E-state index in [0.29, 0.717) is 6.54 Å². The van der Waals surface area contributed by atoms with Crippen LogP contribution in [0.3, 0.4) is 0 Å². The van der Waals surface area contributed by atoms with E-state index >= 15 is 0 Å². The first kappa shape index (κ1) is 10.7. The zero-order valence-electron chi connectivity index (χ0n) is 8.47. The summed E-state index contributed by atoms with van der Waals surface area (Å²) in [6.07, 6.45) is 3.55. The maximum absolute atomic E-state index is 11.8. The quantitative estimate of drug-likeness (QED) is 0.639. The third kappa shape index (κ3) is 1.94. The first-order valence-electron chi connectivity index (χ1n) is 4.70. The average Bonchev–Trinajstić information content (AvgIpc) is 2.62. The lowest BCUT2D eigenvalue weighted by Gasteiger charge is -2.25. The molecule has 4 nitrogen and oxygen atoms in total. The van der Waals surface area contributed by atoms with Crippen molar-refractivity contribution in [3.8, 4) is 6.07 Å². The van der Waals surface area contributed by atoms with Crippen molar-refractivity contribution in [3.63, 3.8) is 0 Å². The van der Waals surface area contributed by atoms with Crippen LogP contribution >= 0.6 is 0 Å². The molecule has 0 aromatic heterocycles. The Labute approximate surface area is 84.0 Å². The first-order valence-corrected chi connectivity index (χ1v) is 4.70. The molecule has 4 heteroatoms. The minimum atomic E-state index is -0.509. The van der Waals surface area contributed by atoms with Gasteiger partial charge in [0, 0.05) is 6.54 Å². The van der Waals surface area contributed by atoms with Gasteiger partial charge in [-0.15, -0.1) is 0 Å². The molecule has 0 aliphatic carbocycles. The maximum atomic E-state index is 11.8. The first-order chi connectivity index (χ1) is 6.57. The summed E-state index contributed by atoms with van der Waals surface area (Å²) in [5.74, 6) is -0.0426. The van der Waals surface area contributed by atoms with Gasteiger partial charge in [-0.2, -0.15) is 5.26 Å². The maximum Gasteiger partial charge on any atom is 0.241 e. The van der Waals surface area contributed by atoms with E-state index in [1.54, 1.807) is 6.08 Å². The molecule has 0 bridgehead atoms. The number of carbonyl (C=O) groups is 1. The van der Waals surface area contributed by atoms with E-state index in [9.17, 15) is 4.79 Å². The topological polar surface area (TPSA) is 70.1 Å². The highest BCUT2D eigenvalue weighted by atomic mass is 16.2. The van der Waals surface area contributed by atoms with Crippen molar-refractivity contribution in [1.82, 2.24) is 4.90 Å². The van der Waals surface area contributed by atoms with E-state index < -0.39 is 12.1 Å². The lowest BCUT2D eigenvalue weighted by Crippen LogP contribution is -2.48. The van der Waals surface area contributed by atoms with Crippen LogP contribution in [0.5, 0.6) is 0 Å². The summed E-state index contributed by atoms with van der Waals surface area (Å²) in [5, 5.41) is 8.77. The van der Waals surface area contributed by atoms with Crippen molar-refractivity contribution >= 4 is 5.91 Å². The van der Waals surface area contributed by atoms with Gasteiger partial charge in [0.25, 0.3) is 0 Å². The minimum absolute atomic E-state index is 0.0995. The molecular weight excluding hydrogens is 178 g/mol. The van der Waals surface area contributed by atoms with Gasteiger partial charge in [0.15, 0.2) is 0 Å². The van der Waals surface area contributed by atoms with Crippen LogP contribution in [0, 0.1) is 17.2 Å². The highest BCUT2D eigenvalue weighted by molar-refractivity contribution is 5.83. The van der Waals surface area contributed by atoms with Gasteiger partial charge in [-0.25, -0.2) is 0 Å². The van der Waals surface area contributed by atoms with Crippen LogP contribution in [0.4, 0.5) is 0 Å². The Morgan fingerprint density at radius 2 is 2.36 bits per heavy atom. The highest BCUT2D eigenvalue weighted by Gasteiger charge is 2.29. The van der Waals surface area contributed by atoms with Crippen LogP contribution < -0.4 is 5.73 Å². The molecule has 0 spiro atoms. The van der Waals surface area contributed by atoms with Crippen molar-refractivity contribution in [3.05, 3.63) is 12.2 Å². The summed E-state index contributed by atoms with van der Waals surface area (Å²) in [4.78, 5) is 13.3. The van der Waals surface area contributed by atoms with E-state index in [2.05, 4.69) is 6.07 Å². The number of amides is 1. The second kappa shape index (κ2) is 4.25. The predicted molar refractivity (Wildman–Crippen MR) is 53.1 cm³/mol. The summed E-state index contributed by atoms with van der Waals surface area (Å²) in [6, 6.07) is 1.11. The van der Waals surface area contributed by atoms with E-state index in [4.69, 9.17) is 11.0 Å². The molecule has 0 saturated heterocycles. The molecule has 1 rings (SSSR count). The Morgan fingerprint density at radius 1 is 1.71 bits per heavy atom. The normalized spacial score (nSPS) is 22.5. The second-order valence-electron chi connectivity index (χ2n) is 3.76. The standard InChI is InChI=1S/C10H15N3O/c1-7(2)9(12)10(14)13-5-3-4-8(13)6-11/h3-4,7-9H,5,12H2,1-2H3. The zero-order valence-corrected chi connectivity index (χ0v) is 8.47. The number of hydrogen-bond donors (Lipinski definition) is 1. The van der Waals surface area contributed by atoms with Crippen LogP contribution in [0.1, 0.15) is 13.8 Å². The van der Waals surface area contributed by atoms with Crippen molar-refractivity contribution in [2.24, 2.45) is 11.7 Å². The SMILES string of the molecule is CC(C)C(N)C(=O)N1CC=CC1C#N. The van der Waals surface area contributed by atoms with E-state index in [0.717, 1.165) is 0 Å². The molecule has 1 amide bonds. The number of nitrogens with two attached hydrogens (primary N) is 1. The summed E-state index contributed by atoms with van der Waals surface area (Å²) in [6.45, 7) is 4.29. The lowest BCUT2D eigenvalue weighted by atomic mass is 10.0. The monoisotopic (exact) mass is 193 g/mol. The van der Waals surface area contributed by atoms with Gasteiger partial charge in [0.2, 0.25) is 5.91 Å². The molecule has 76 valence electrons. The largest absolute Gasteiger partial charge is 0.320 e. The highest BCUT2D eigenvalue weighted by Crippen LogP contribution is 2.12. The zero-order chi connectivity index (χ0) is 10.7. The smallest absolute Gasteiger partial charge is 0.241 e. The van der Waals surface area contributed by atoms with Gasteiger partial charge in [-0.3, -0.25) is 4.79 Å². The molecule has 14 heavy (non-hydrogen) atoms. The van der Waals surface area contributed by atoms with Crippen LogP contribution in [-0.2, 0) is 4.79 Å². The van der Waals surface area contributed by atoms with Crippen molar-refractivity contribution < 1.29 is 4.79 Å². The fourth-order valence-corrected chi connectivity index (χ4v) is 1.34. The van der Waals surface area contributed by atoms with Crippen LogP contribution in [0.2, 0.25) is 0 Å². The molecule has 2 atom stereocenters. The van der Waals surface area contributed by atoms with Crippen LogP contribution in [0.25, 0.3) is 0 Å². The van der Waals surface area contributed by atoms with Crippen molar-refractivity contribution in [2.75, 3.05) is 6.54 Å². The van der Waals surface area contributed by atoms with Gasteiger partial charge in [-0.05, 0) is 12.0 Å². The number of hydrogen-bond acceptors (Lipinski definition) is 3. The molecule has 1 aliphatic rings. The number of nitriles is 1. The molecule has 2 N–H and O–H groups in total. The summed E-state index contributed by atoms with van der Waals surface area (Å²) in [5.41, 5.74) is 5.73. The molecule has 0 radical (unpaired) electrons. The third-order valence-electron chi connectivity index (χ3n) is 2.37. The lowest BCUT2D eigenvalue weighted by molar-refractivity contribution is -0.133. The molecule has 1 aliphatic heterocycles. The number of carbonyl (C=O) groups excluding carboxylic acids is 1. The molecule has 1 heterocycles. The Morgan fingerprint density at radius 3 is 2.86 bits per heavy atom. The molecule has 0 saturated carbocycles. The average molecular weight is 193 g/mol. The molecule has 0 aromatic carbocycles. The van der Waals surface area contributed by atoms with E-state index in [1.165, 1.54) is 4.90 Å². The Kier molecular flexibility index (Phi) is 3.26. The van der Waals surface area contributed by atoms with Gasteiger partial charge in [0.05, 0.1) is 12.1 Å². The Hall–Kier alpha value is -1.34. The molecular formula is C10H15N3O. The van der Waals surface area contributed by atoms with Crippen LogP contribution in [-0.4, -0.2) is 29.4 Å². The van der Waals surface area contributed by atoms with Crippen molar-refractivity contribution in [2.45, 2.75) is 25.9 Å². The number of nitrogens with zero attached hydrogens (tertiary/aromatic N) is 2. The van der Waals surface area contributed by atoms with Gasteiger partial charge >= 0.3 is 0 Å². The van der Waals surface area contributed by atoms with E-state index in [1.807, 2.05) is 19.9 Å². The van der Waals surface area contributed by atoms with Gasteiger partial charge < -0.3 is 10.6 Å². The third-order valence-corrected chi connectivity index (χ3v) is 2.37. The minimum Gasteiger partial charge on any atom is -0.320 e. The van der Waals surface area contributed by atoms with Crippen LogP contribution in [0.15, 0.2) is 12.2 Å². The van der Waals surface area contributed by atoms with Gasteiger partial charge in [0.1, 0.15) is 6.04 Å². The number of rotatable bonds is 2. The fraction of sp³-hybridized carbons (Fsp3) is 0.600. The summed E-state index contributed by atoms with van der Waals surface area (Å²) in [7, 11) is 0. The van der Waals surface area contributed by atoms with Gasteiger partial charge in [-0.1, -0.05) is 19.9 Å². The molecule has 0 fully saturated rings. The summed E-state index contributed by atoms with van der Waals surface area (Å²) >= 11 is 0. The molecule has 2 unspecified atom stereocenters. The summed E-state index contributed by atoms with van der Waals surface area (Å²) < 4.78 is 0. The molecule has 0 aromatic rings.